The Balaban J connectivity index is 1.51. The van der Waals surface area contributed by atoms with E-state index in [0.29, 0.717) is 22.3 Å². The van der Waals surface area contributed by atoms with Crippen LogP contribution in [0.25, 0.3) is 16.6 Å². The van der Waals surface area contributed by atoms with Crippen molar-refractivity contribution in [1.29, 1.82) is 0 Å². The van der Waals surface area contributed by atoms with Gasteiger partial charge in [-0.1, -0.05) is 29.4 Å². The summed E-state index contributed by atoms with van der Waals surface area (Å²) >= 11 is 7.42. The lowest BCUT2D eigenvalue weighted by Crippen LogP contribution is -2.11. The first-order valence-corrected chi connectivity index (χ1v) is 12.9. The number of fused-ring (bicyclic) bond motifs is 1. The highest BCUT2D eigenvalue weighted by molar-refractivity contribution is 7.99. The van der Waals surface area contributed by atoms with Gasteiger partial charge in [-0.2, -0.15) is 5.10 Å². The zero-order chi connectivity index (χ0) is 24.3. The summed E-state index contributed by atoms with van der Waals surface area (Å²) in [6.45, 7) is 2.66. The van der Waals surface area contributed by atoms with Gasteiger partial charge in [0.1, 0.15) is 0 Å². The average molecular weight is 514 g/mol. The van der Waals surface area contributed by atoms with E-state index in [2.05, 4.69) is 5.10 Å². The molecule has 35 heavy (non-hydrogen) atoms. The molecule has 6 rings (SSSR count). The van der Waals surface area contributed by atoms with Crippen LogP contribution in [0.1, 0.15) is 44.2 Å². The monoisotopic (exact) mass is 513 g/mol. The lowest BCUT2D eigenvalue weighted by Gasteiger charge is -2.11. The van der Waals surface area contributed by atoms with Gasteiger partial charge in [-0.3, -0.25) is 9.48 Å². The summed E-state index contributed by atoms with van der Waals surface area (Å²) in [5.74, 6) is -1.51. The minimum absolute atomic E-state index is 0.0261. The van der Waals surface area contributed by atoms with E-state index in [1.54, 1.807) is 29.1 Å². The molecule has 0 aliphatic heterocycles. The summed E-state index contributed by atoms with van der Waals surface area (Å²) in [6.07, 6.45) is 7.07. The van der Waals surface area contributed by atoms with Crippen LogP contribution in [0.4, 0.5) is 8.78 Å². The Morgan fingerprint density at radius 1 is 1.17 bits per heavy atom. The van der Waals surface area contributed by atoms with E-state index in [-0.39, 0.29) is 22.6 Å². The second-order valence-corrected chi connectivity index (χ2v) is 10.5. The van der Waals surface area contributed by atoms with Crippen LogP contribution in [0.3, 0.4) is 0 Å². The number of esters is 1. The number of carbonyl (C=O) groups is 1. The first kappa shape index (κ1) is 22.6. The van der Waals surface area contributed by atoms with Gasteiger partial charge < -0.3 is 9.30 Å². The van der Waals surface area contributed by atoms with Gasteiger partial charge in [0.2, 0.25) is 0 Å². The van der Waals surface area contributed by atoms with Crippen LogP contribution >= 0.6 is 23.4 Å². The molecule has 5 nitrogen and oxygen atoms in total. The quantitative estimate of drug-likeness (QED) is 0.195. The normalized spacial score (nSPS) is 15.7. The van der Waals surface area contributed by atoms with E-state index < -0.39 is 17.6 Å². The number of aryl methyl sites for hydroxylation is 1. The Bertz CT molecular complexity index is 1470. The molecule has 0 bridgehead atoms. The van der Waals surface area contributed by atoms with Crippen molar-refractivity contribution in [2.45, 2.75) is 54.9 Å². The van der Waals surface area contributed by atoms with Crippen LogP contribution < -0.4 is 4.74 Å². The van der Waals surface area contributed by atoms with Crippen molar-refractivity contribution in [3.63, 3.8) is 0 Å². The molecule has 2 aromatic heterocycles. The van der Waals surface area contributed by atoms with Crippen LogP contribution in [0, 0.1) is 17.6 Å². The number of hydrogen-bond donors (Lipinski definition) is 0. The summed E-state index contributed by atoms with van der Waals surface area (Å²) in [5, 5.41) is 5.06. The Kier molecular flexibility index (Phi) is 5.60. The van der Waals surface area contributed by atoms with Crippen LogP contribution in [0.5, 0.6) is 5.75 Å². The van der Waals surface area contributed by atoms with Crippen molar-refractivity contribution in [2.24, 2.45) is 5.92 Å². The molecule has 2 saturated carbocycles. The van der Waals surface area contributed by atoms with Crippen molar-refractivity contribution in [2.75, 3.05) is 0 Å². The van der Waals surface area contributed by atoms with Crippen molar-refractivity contribution < 1.29 is 18.3 Å². The number of rotatable bonds is 7. The predicted molar refractivity (Wildman–Crippen MR) is 131 cm³/mol. The summed E-state index contributed by atoms with van der Waals surface area (Å²) < 4.78 is 39.9. The first-order chi connectivity index (χ1) is 17.0. The molecule has 0 N–H and O–H groups in total. The van der Waals surface area contributed by atoms with Crippen LogP contribution in [0.2, 0.25) is 5.02 Å². The second-order valence-electron chi connectivity index (χ2n) is 9.00. The molecule has 0 atom stereocenters. The molecule has 2 aliphatic rings. The standard InChI is InChI=1S/C26H22ClF2N3O2S/c1-2-31-13-16(12-30-31)32-23(14-6-7-14)25(17-10-11-18(27)21(28)24(17)32)35-20-5-3-4-19(22(20)29)34-26(33)15-8-9-15/h3-5,10-15H,2,6-9H2,1H3. The van der Waals surface area contributed by atoms with Gasteiger partial charge in [-0.05, 0) is 56.9 Å². The Labute approximate surface area is 210 Å². The third kappa shape index (κ3) is 4.02. The third-order valence-corrected chi connectivity index (χ3v) is 7.90. The fourth-order valence-electron chi connectivity index (χ4n) is 4.31. The molecule has 0 spiro atoms. The maximum atomic E-state index is 15.5. The number of halogens is 3. The lowest BCUT2D eigenvalue weighted by molar-refractivity contribution is -0.136. The predicted octanol–water partition coefficient (Wildman–Crippen LogP) is 7.12. The van der Waals surface area contributed by atoms with Crippen LogP contribution in [-0.4, -0.2) is 20.3 Å². The van der Waals surface area contributed by atoms with E-state index in [9.17, 15) is 4.79 Å². The number of nitrogens with zero attached hydrogens (tertiary/aromatic N) is 3. The average Bonchev–Trinajstić information content (AvgIpc) is 3.79. The number of carbonyl (C=O) groups excluding carboxylic acids is 1. The third-order valence-electron chi connectivity index (χ3n) is 6.44. The zero-order valence-corrected chi connectivity index (χ0v) is 20.5. The maximum Gasteiger partial charge on any atom is 0.314 e. The minimum atomic E-state index is -0.595. The van der Waals surface area contributed by atoms with Crippen molar-refractivity contribution in [3.05, 3.63) is 65.1 Å². The van der Waals surface area contributed by atoms with E-state index in [0.717, 1.165) is 42.0 Å². The zero-order valence-electron chi connectivity index (χ0n) is 18.9. The summed E-state index contributed by atoms with van der Waals surface area (Å²) in [6, 6.07) is 8.09. The molecule has 180 valence electrons. The summed E-state index contributed by atoms with van der Waals surface area (Å²) in [4.78, 5) is 13.2. The lowest BCUT2D eigenvalue weighted by atomic mass is 10.2. The highest BCUT2D eigenvalue weighted by Crippen LogP contribution is 2.52. The van der Waals surface area contributed by atoms with E-state index in [4.69, 9.17) is 16.3 Å². The fraction of sp³-hybridized carbons (Fsp3) is 0.308. The Morgan fingerprint density at radius 2 is 1.97 bits per heavy atom. The van der Waals surface area contributed by atoms with Gasteiger partial charge in [0, 0.05) is 34.6 Å². The van der Waals surface area contributed by atoms with Gasteiger partial charge in [-0.15, -0.1) is 0 Å². The topological polar surface area (TPSA) is 49.0 Å². The van der Waals surface area contributed by atoms with Gasteiger partial charge >= 0.3 is 5.97 Å². The van der Waals surface area contributed by atoms with Crippen molar-refractivity contribution >= 4 is 40.2 Å². The van der Waals surface area contributed by atoms with Crippen LogP contribution in [0.15, 0.2) is 52.5 Å². The second kappa shape index (κ2) is 8.68. The van der Waals surface area contributed by atoms with E-state index >= 15 is 8.78 Å². The molecular formula is C26H22ClF2N3O2S. The van der Waals surface area contributed by atoms with Gasteiger partial charge in [-0.25, -0.2) is 8.78 Å². The first-order valence-electron chi connectivity index (χ1n) is 11.7. The molecule has 0 radical (unpaired) electrons. The fourth-order valence-corrected chi connectivity index (χ4v) is 5.66. The Morgan fingerprint density at radius 3 is 2.66 bits per heavy atom. The van der Waals surface area contributed by atoms with Crippen molar-refractivity contribution in [3.8, 4) is 11.4 Å². The van der Waals surface area contributed by atoms with E-state index in [1.807, 2.05) is 17.7 Å². The Hall–Kier alpha value is -2.84. The maximum absolute atomic E-state index is 15.5. The molecule has 0 unspecified atom stereocenters. The molecule has 9 heteroatoms. The molecule has 0 saturated heterocycles. The molecular weight excluding hydrogens is 492 g/mol. The number of ether oxygens (including phenoxy) is 1. The molecule has 2 aromatic carbocycles. The minimum Gasteiger partial charge on any atom is -0.423 e. The summed E-state index contributed by atoms with van der Waals surface area (Å²) in [7, 11) is 0. The molecule has 0 amide bonds. The number of hydrogen-bond acceptors (Lipinski definition) is 4. The molecule has 4 aromatic rings. The van der Waals surface area contributed by atoms with Crippen molar-refractivity contribution in [1.82, 2.24) is 14.3 Å². The molecule has 2 fully saturated rings. The molecule has 2 heterocycles. The van der Waals surface area contributed by atoms with Crippen LogP contribution in [-0.2, 0) is 11.3 Å². The largest absolute Gasteiger partial charge is 0.423 e. The highest BCUT2D eigenvalue weighted by atomic mass is 35.5. The van der Waals surface area contributed by atoms with E-state index in [1.165, 1.54) is 23.9 Å². The highest BCUT2D eigenvalue weighted by Gasteiger charge is 2.35. The molecule has 2 aliphatic carbocycles. The number of aromatic nitrogens is 3. The summed E-state index contributed by atoms with van der Waals surface area (Å²) in [5.41, 5.74) is 2.01. The smallest absolute Gasteiger partial charge is 0.314 e. The van der Waals surface area contributed by atoms with Gasteiger partial charge in [0.05, 0.1) is 33.2 Å². The van der Waals surface area contributed by atoms with Gasteiger partial charge in [0.15, 0.2) is 17.4 Å². The van der Waals surface area contributed by atoms with Gasteiger partial charge in [0.25, 0.3) is 0 Å². The number of benzene rings is 2. The SMILES string of the molecule is CCn1cc(-n2c(C3CC3)c(Sc3cccc(OC(=O)C4CC4)c3F)c3ccc(Cl)c(F)c32)cn1.